The molecule has 0 bridgehead atoms. The third-order valence-corrected chi connectivity index (χ3v) is 6.93. The number of esters is 1. The van der Waals surface area contributed by atoms with Crippen LogP contribution in [0.3, 0.4) is 0 Å². The lowest BCUT2D eigenvalue weighted by atomic mass is 9.96. The van der Waals surface area contributed by atoms with Gasteiger partial charge in [0.1, 0.15) is 11.9 Å². The van der Waals surface area contributed by atoms with E-state index in [0.717, 1.165) is 22.4 Å². The van der Waals surface area contributed by atoms with E-state index in [2.05, 4.69) is 4.99 Å². The van der Waals surface area contributed by atoms with E-state index in [4.69, 9.17) is 9.47 Å². The standard InChI is InChI=1S/C27H24N2O4S/c1-4-32-26(31)23-16(2)28-27-29(24(23)18-10-6-5-7-11-18)25(30)22(34-27)15-20-14-19-12-8-9-13-21(19)33-17(20)3/h5-15,17,24H,4H2,1-3H3/b22-15-/t17-,24-/m1/s1. The van der Waals surface area contributed by atoms with Crippen LogP contribution in [0.15, 0.2) is 81.2 Å². The van der Waals surface area contributed by atoms with Gasteiger partial charge < -0.3 is 9.47 Å². The van der Waals surface area contributed by atoms with Crippen LogP contribution < -0.4 is 19.6 Å². The largest absolute Gasteiger partial charge is 0.485 e. The highest BCUT2D eigenvalue weighted by Gasteiger charge is 2.33. The minimum absolute atomic E-state index is 0.195. The minimum atomic E-state index is -0.603. The molecular weight excluding hydrogens is 448 g/mol. The summed E-state index contributed by atoms with van der Waals surface area (Å²) in [7, 11) is 0. The maximum atomic E-state index is 13.7. The Balaban J connectivity index is 1.69. The molecule has 6 nitrogen and oxygen atoms in total. The molecule has 0 unspecified atom stereocenters. The molecule has 0 amide bonds. The summed E-state index contributed by atoms with van der Waals surface area (Å²) in [6.07, 6.45) is 3.72. The van der Waals surface area contributed by atoms with Crippen LogP contribution in [0.25, 0.3) is 12.2 Å². The molecule has 3 aromatic rings. The maximum Gasteiger partial charge on any atom is 0.338 e. The topological polar surface area (TPSA) is 69.9 Å². The zero-order valence-electron chi connectivity index (χ0n) is 19.1. The van der Waals surface area contributed by atoms with E-state index in [1.54, 1.807) is 18.4 Å². The number of carbonyl (C=O) groups excluding carboxylic acids is 1. The number of carbonyl (C=O) groups is 1. The Hall–Kier alpha value is -3.71. The Morgan fingerprint density at radius 3 is 2.68 bits per heavy atom. The first kappa shape index (κ1) is 22.1. The molecule has 2 atom stereocenters. The second-order valence-electron chi connectivity index (χ2n) is 8.16. The van der Waals surface area contributed by atoms with Gasteiger partial charge in [-0.1, -0.05) is 59.9 Å². The van der Waals surface area contributed by atoms with Crippen molar-refractivity contribution in [3.05, 3.63) is 102 Å². The van der Waals surface area contributed by atoms with Crippen molar-refractivity contribution in [2.45, 2.75) is 32.9 Å². The molecule has 3 heterocycles. The Kier molecular flexibility index (Phi) is 5.79. The third kappa shape index (κ3) is 3.82. The van der Waals surface area contributed by atoms with E-state index in [0.29, 0.717) is 20.6 Å². The van der Waals surface area contributed by atoms with Gasteiger partial charge in [0.2, 0.25) is 0 Å². The quantitative estimate of drug-likeness (QED) is 0.544. The molecule has 0 fully saturated rings. The lowest BCUT2D eigenvalue weighted by Gasteiger charge is -2.24. The molecule has 34 heavy (non-hydrogen) atoms. The van der Waals surface area contributed by atoms with Crippen LogP contribution >= 0.6 is 11.3 Å². The number of nitrogens with zero attached hydrogens (tertiary/aromatic N) is 2. The van der Waals surface area contributed by atoms with E-state index in [1.165, 1.54) is 11.3 Å². The zero-order valence-corrected chi connectivity index (χ0v) is 20.0. The van der Waals surface area contributed by atoms with Gasteiger partial charge in [-0.3, -0.25) is 9.36 Å². The number of fused-ring (bicyclic) bond motifs is 2. The van der Waals surface area contributed by atoms with Gasteiger partial charge in [-0.25, -0.2) is 9.79 Å². The van der Waals surface area contributed by atoms with Crippen molar-refractivity contribution in [3.8, 4) is 5.75 Å². The number of aromatic nitrogens is 1. The fraction of sp³-hybridized carbons (Fsp3) is 0.222. The van der Waals surface area contributed by atoms with Crippen molar-refractivity contribution in [2.24, 2.45) is 4.99 Å². The van der Waals surface area contributed by atoms with Crippen LogP contribution in [-0.4, -0.2) is 23.2 Å². The van der Waals surface area contributed by atoms with Crippen LogP contribution in [0.4, 0.5) is 0 Å². The van der Waals surface area contributed by atoms with Crippen LogP contribution in [0.1, 0.15) is 37.9 Å². The number of ether oxygens (including phenoxy) is 2. The first-order chi connectivity index (χ1) is 16.5. The Labute approximate surface area is 200 Å². The second kappa shape index (κ2) is 8.91. The van der Waals surface area contributed by atoms with Crippen molar-refractivity contribution in [1.82, 2.24) is 4.57 Å². The average molecular weight is 473 g/mol. The third-order valence-electron chi connectivity index (χ3n) is 5.94. The van der Waals surface area contributed by atoms with Crippen LogP contribution in [0.2, 0.25) is 0 Å². The normalized spacial score (nSPS) is 19.5. The number of allylic oxidation sites excluding steroid dienone is 1. The summed E-state index contributed by atoms with van der Waals surface area (Å²) < 4.78 is 13.5. The Bertz CT molecular complexity index is 1510. The van der Waals surface area contributed by atoms with Gasteiger partial charge in [0.15, 0.2) is 4.80 Å². The zero-order chi connectivity index (χ0) is 23.8. The average Bonchev–Trinajstić information content (AvgIpc) is 3.13. The van der Waals surface area contributed by atoms with E-state index >= 15 is 0 Å². The van der Waals surface area contributed by atoms with E-state index < -0.39 is 12.0 Å². The molecule has 1 aromatic heterocycles. The molecule has 5 rings (SSSR count). The van der Waals surface area contributed by atoms with Crippen LogP contribution in [0.5, 0.6) is 5.75 Å². The highest BCUT2D eigenvalue weighted by molar-refractivity contribution is 7.07. The number of benzene rings is 2. The molecule has 2 aliphatic rings. The van der Waals surface area contributed by atoms with Crippen molar-refractivity contribution >= 4 is 29.5 Å². The number of hydrogen-bond donors (Lipinski definition) is 0. The number of rotatable bonds is 4. The Morgan fingerprint density at radius 1 is 1.18 bits per heavy atom. The number of thiazole rings is 1. The molecular formula is C27H24N2O4S. The van der Waals surface area contributed by atoms with Crippen molar-refractivity contribution in [3.63, 3.8) is 0 Å². The molecule has 0 N–H and O–H groups in total. The molecule has 0 radical (unpaired) electrons. The predicted molar refractivity (Wildman–Crippen MR) is 132 cm³/mol. The predicted octanol–water partition coefficient (Wildman–Crippen LogP) is 3.61. The molecule has 7 heteroatoms. The molecule has 2 aliphatic heterocycles. The van der Waals surface area contributed by atoms with Gasteiger partial charge in [-0.05, 0) is 50.1 Å². The SMILES string of the molecule is CCOC(=O)C1=C(C)N=c2s/c(=C\C3=Cc4ccccc4O[C@@H]3C)c(=O)n2[C@@H]1c1ccccc1. The monoisotopic (exact) mass is 472 g/mol. The first-order valence-electron chi connectivity index (χ1n) is 11.2. The smallest absolute Gasteiger partial charge is 0.338 e. The minimum Gasteiger partial charge on any atom is -0.485 e. The second-order valence-corrected chi connectivity index (χ2v) is 9.16. The molecule has 0 aliphatic carbocycles. The summed E-state index contributed by atoms with van der Waals surface area (Å²) in [5.74, 6) is 0.368. The lowest BCUT2D eigenvalue weighted by molar-refractivity contribution is -0.139. The highest BCUT2D eigenvalue weighted by atomic mass is 32.1. The van der Waals surface area contributed by atoms with E-state index in [-0.39, 0.29) is 18.3 Å². The summed E-state index contributed by atoms with van der Waals surface area (Å²) in [5, 5.41) is 0. The van der Waals surface area contributed by atoms with Gasteiger partial charge >= 0.3 is 5.97 Å². The van der Waals surface area contributed by atoms with Crippen LogP contribution in [0, 0.1) is 0 Å². The van der Waals surface area contributed by atoms with Gasteiger partial charge in [-0.2, -0.15) is 0 Å². The van der Waals surface area contributed by atoms with Crippen molar-refractivity contribution in [1.29, 1.82) is 0 Å². The summed E-state index contributed by atoms with van der Waals surface area (Å²) in [6, 6.07) is 16.7. The number of para-hydroxylation sites is 1. The van der Waals surface area contributed by atoms with Crippen molar-refractivity contribution in [2.75, 3.05) is 6.61 Å². The molecule has 0 saturated heterocycles. The maximum absolute atomic E-state index is 13.7. The molecule has 0 spiro atoms. The van der Waals surface area contributed by atoms with E-state index in [9.17, 15) is 9.59 Å². The summed E-state index contributed by atoms with van der Waals surface area (Å²) in [5.41, 5.74) is 3.45. The van der Waals surface area contributed by atoms with Crippen LogP contribution in [-0.2, 0) is 9.53 Å². The van der Waals surface area contributed by atoms with Gasteiger partial charge in [0, 0.05) is 5.56 Å². The van der Waals surface area contributed by atoms with Gasteiger partial charge in [-0.15, -0.1) is 0 Å². The summed E-state index contributed by atoms with van der Waals surface area (Å²) in [6.45, 7) is 5.76. The van der Waals surface area contributed by atoms with Crippen molar-refractivity contribution < 1.29 is 14.3 Å². The fourth-order valence-corrected chi connectivity index (χ4v) is 5.36. The molecule has 172 valence electrons. The fourth-order valence-electron chi connectivity index (χ4n) is 4.32. The molecule has 2 aromatic carbocycles. The number of hydrogen-bond acceptors (Lipinski definition) is 6. The summed E-state index contributed by atoms with van der Waals surface area (Å²) in [4.78, 5) is 31.8. The lowest BCUT2D eigenvalue weighted by Crippen LogP contribution is -2.40. The van der Waals surface area contributed by atoms with Gasteiger partial charge in [0.05, 0.1) is 28.5 Å². The Morgan fingerprint density at radius 2 is 1.91 bits per heavy atom. The first-order valence-corrected chi connectivity index (χ1v) is 12.0. The van der Waals surface area contributed by atoms with Gasteiger partial charge in [0.25, 0.3) is 5.56 Å². The summed E-state index contributed by atoms with van der Waals surface area (Å²) >= 11 is 1.31. The molecule has 0 saturated carbocycles. The highest BCUT2D eigenvalue weighted by Crippen LogP contribution is 2.31. The van der Waals surface area contributed by atoms with E-state index in [1.807, 2.05) is 73.7 Å².